The zero-order valence-corrected chi connectivity index (χ0v) is 6.23. The van der Waals surface area contributed by atoms with Crippen molar-refractivity contribution in [1.82, 2.24) is 9.78 Å². The van der Waals surface area contributed by atoms with Gasteiger partial charge in [-0.2, -0.15) is 5.10 Å². The Morgan fingerprint density at radius 2 is 2.55 bits per heavy atom. The number of hydrogen-bond donors (Lipinski definition) is 0. The van der Waals surface area contributed by atoms with E-state index in [9.17, 15) is 9.90 Å². The molecule has 0 saturated heterocycles. The lowest BCUT2D eigenvalue weighted by atomic mass is 10.2. The molecule has 0 spiro atoms. The van der Waals surface area contributed by atoms with Gasteiger partial charge >= 0.3 is 0 Å². The number of aromatic nitrogens is 2. The van der Waals surface area contributed by atoms with E-state index in [4.69, 9.17) is 0 Å². The molecule has 1 aromatic heterocycles. The van der Waals surface area contributed by atoms with Gasteiger partial charge in [0.1, 0.15) is 0 Å². The molecule has 0 aliphatic carbocycles. The molecule has 0 fully saturated rings. The summed E-state index contributed by atoms with van der Waals surface area (Å²) in [7, 11) is 0. The third-order valence-electron chi connectivity index (χ3n) is 1.44. The number of aliphatic carboxylic acids is 1. The predicted octanol–water partition coefficient (Wildman–Crippen LogP) is -0.416. The van der Waals surface area contributed by atoms with E-state index in [0.29, 0.717) is 0 Å². The first kappa shape index (κ1) is 7.78. The summed E-state index contributed by atoms with van der Waals surface area (Å²) < 4.78 is 1.59. The molecule has 0 aromatic carbocycles. The minimum absolute atomic E-state index is 0.00167. The molecule has 0 saturated carbocycles. The van der Waals surface area contributed by atoms with Gasteiger partial charge in [-0.1, -0.05) is 0 Å². The number of hydrogen-bond acceptors (Lipinski definition) is 3. The minimum atomic E-state index is -1.05. The van der Waals surface area contributed by atoms with E-state index in [-0.39, 0.29) is 12.5 Å². The van der Waals surface area contributed by atoms with Crippen LogP contribution >= 0.6 is 0 Å². The number of carbonyl (C=O) groups excluding carboxylic acids is 1. The fourth-order valence-electron chi connectivity index (χ4n) is 0.876. The molecule has 0 aliphatic rings. The Bertz CT molecular complexity index is 231. The normalized spacial score (nSPS) is 12.8. The molecule has 0 bridgehead atoms. The minimum Gasteiger partial charge on any atom is -0.550 e. The number of carboxylic acids is 1. The molecular formula is C7H9N2O2-. The summed E-state index contributed by atoms with van der Waals surface area (Å²) in [4.78, 5) is 10.2. The number of carbonyl (C=O) groups is 1. The summed E-state index contributed by atoms with van der Waals surface area (Å²) in [6.07, 6.45) is 3.35. The molecule has 4 nitrogen and oxygen atoms in total. The lowest BCUT2D eigenvalue weighted by Gasteiger charge is -2.11. The molecule has 1 heterocycles. The van der Waals surface area contributed by atoms with E-state index in [1.54, 1.807) is 30.1 Å². The lowest BCUT2D eigenvalue weighted by molar-refractivity contribution is -0.306. The largest absolute Gasteiger partial charge is 0.550 e. The van der Waals surface area contributed by atoms with E-state index < -0.39 is 5.97 Å². The Kier molecular flexibility index (Phi) is 2.25. The average molecular weight is 153 g/mol. The molecule has 0 radical (unpaired) electrons. The second-order valence-corrected chi connectivity index (χ2v) is 2.41. The molecular weight excluding hydrogens is 144 g/mol. The molecule has 11 heavy (non-hydrogen) atoms. The van der Waals surface area contributed by atoms with Crippen molar-refractivity contribution in [3.8, 4) is 0 Å². The van der Waals surface area contributed by atoms with Crippen LogP contribution in [0.3, 0.4) is 0 Å². The quantitative estimate of drug-likeness (QED) is 0.592. The van der Waals surface area contributed by atoms with Crippen molar-refractivity contribution in [2.75, 3.05) is 0 Å². The zero-order chi connectivity index (χ0) is 8.27. The summed E-state index contributed by atoms with van der Waals surface area (Å²) in [5.41, 5.74) is 0. The summed E-state index contributed by atoms with van der Waals surface area (Å²) in [5.74, 6) is -1.05. The average Bonchev–Trinajstić information content (AvgIpc) is 2.35. The van der Waals surface area contributed by atoms with Gasteiger partial charge in [0.25, 0.3) is 0 Å². The molecule has 1 rings (SSSR count). The number of rotatable bonds is 3. The van der Waals surface area contributed by atoms with Crippen molar-refractivity contribution in [3.05, 3.63) is 18.5 Å². The van der Waals surface area contributed by atoms with Gasteiger partial charge in [-0.15, -0.1) is 0 Å². The highest BCUT2D eigenvalue weighted by atomic mass is 16.4. The maximum absolute atomic E-state index is 10.2. The Morgan fingerprint density at radius 3 is 3.00 bits per heavy atom. The van der Waals surface area contributed by atoms with Crippen molar-refractivity contribution in [2.24, 2.45) is 0 Å². The highest BCUT2D eigenvalue weighted by Crippen LogP contribution is 2.06. The molecule has 4 heteroatoms. The summed E-state index contributed by atoms with van der Waals surface area (Å²) in [6.45, 7) is 1.78. The molecule has 0 N–H and O–H groups in total. The number of nitrogens with zero attached hydrogens (tertiary/aromatic N) is 2. The van der Waals surface area contributed by atoms with Gasteiger partial charge in [-0.05, 0) is 13.0 Å². The fraction of sp³-hybridized carbons (Fsp3) is 0.429. The van der Waals surface area contributed by atoms with E-state index >= 15 is 0 Å². The predicted molar refractivity (Wildman–Crippen MR) is 36.6 cm³/mol. The van der Waals surface area contributed by atoms with Crippen LogP contribution in [-0.2, 0) is 4.79 Å². The third kappa shape index (κ3) is 2.07. The monoisotopic (exact) mass is 153 g/mol. The highest BCUT2D eigenvalue weighted by molar-refractivity contribution is 5.64. The topological polar surface area (TPSA) is 57.9 Å². The van der Waals surface area contributed by atoms with Gasteiger partial charge in [-0.3, -0.25) is 4.68 Å². The van der Waals surface area contributed by atoms with Gasteiger partial charge in [-0.25, -0.2) is 0 Å². The van der Waals surface area contributed by atoms with Crippen molar-refractivity contribution in [3.63, 3.8) is 0 Å². The Morgan fingerprint density at radius 1 is 1.82 bits per heavy atom. The Balaban J connectivity index is 2.56. The van der Waals surface area contributed by atoms with Crippen molar-refractivity contribution >= 4 is 5.97 Å². The third-order valence-corrected chi connectivity index (χ3v) is 1.44. The maximum atomic E-state index is 10.2. The van der Waals surface area contributed by atoms with Crippen molar-refractivity contribution in [2.45, 2.75) is 19.4 Å². The highest BCUT2D eigenvalue weighted by Gasteiger charge is 2.02. The molecule has 0 amide bonds. The van der Waals surface area contributed by atoms with Crippen molar-refractivity contribution in [1.29, 1.82) is 0 Å². The van der Waals surface area contributed by atoms with E-state index in [0.717, 1.165) is 0 Å². The first-order valence-corrected chi connectivity index (χ1v) is 3.39. The Hall–Kier alpha value is -1.32. The second-order valence-electron chi connectivity index (χ2n) is 2.41. The fourth-order valence-corrected chi connectivity index (χ4v) is 0.876. The van der Waals surface area contributed by atoms with E-state index in [1.165, 1.54) is 0 Å². The van der Waals surface area contributed by atoms with Crippen LogP contribution in [0.2, 0.25) is 0 Å². The summed E-state index contributed by atoms with van der Waals surface area (Å²) in [6, 6.07) is 1.63. The van der Waals surface area contributed by atoms with Crippen LogP contribution in [0.25, 0.3) is 0 Å². The number of carboxylic acid groups (broad SMARTS) is 1. The molecule has 60 valence electrons. The zero-order valence-electron chi connectivity index (χ0n) is 6.23. The van der Waals surface area contributed by atoms with Gasteiger partial charge < -0.3 is 9.90 Å². The van der Waals surface area contributed by atoms with Crippen LogP contribution in [0, 0.1) is 0 Å². The van der Waals surface area contributed by atoms with Gasteiger partial charge in [0.15, 0.2) is 0 Å². The SMILES string of the molecule is C[C@H](CC(=O)[O-])n1cccn1. The first-order valence-electron chi connectivity index (χ1n) is 3.39. The first-order chi connectivity index (χ1) is 5.20. The van der Waals surface area contributed by atoms with Gasteiger partial charge in [0.05, 0.1) is 6.04 Å². The lowest BCUT2D eigenvalue weighted by Crippen LogP contribution is -2.25. The van der Waals surface area contributed by atoms with Crippen LogP contribution in [-0.4, -0.2) is 15.7 Å². The standard InChI is InChI=1S/C7H10N2O2/c1-6(5-7(10)11)9-4-2-3-8-9/h2-4,6H,5H2,1H3,(H,10,11)/p-1/t6-/m1/s1. The van der Waals surface area contributed by atoms with Crippen LogP contribution in [0.15, 0.2) is 18.5 Å². The Labute approximate surface area is 64.5 Å². The summed E-state index contributed by atoms with van der Waals surface area (Å²) >= 11 is 0. The smallest absolute Gasteiger partial charge is 0.0543 e. The van der Waals surface area contributed by atoms with Gasteiger partial charge in [0.2, 0.25) is 0 Å². The van der Waals surface area contributed by atoms with Gasteiger partial charge in [0, 0.05) is 24.8 Å². The van der Waals surface area contributed by atoms with E-state index in [2.05, 4.69) is 5.10 Å². The van der Waals surface area contributed by atoms with Crippen LogP contribution in [0.5, 0.6) is 0 Å². The molecule has 1 aromatic rings. The van der Waals surface area contributed by atoms with E-state index in [1.807, 2.05) is 0 Å². The van der Waals surface area contributed by atoms with Crippen molar-refractivity contribution < 1.29 is 9.90 Å². The summed E-state index contributed by atoms with van der Waals surface area (Å²) in [5, 5.41) is 14.0. The second kappa shape index (κ2) is 3.18. The molecule has 0 aliphatic heterocycles. The molecule has 1 atom stereocenters. The van der Waals surface area contributed by atoms with Crippen LogP contribution in [0.1, 0.15) is 19.4 Å². The maximum Gasteiger partial charge on any atom is 0.0543 e. The van der Waals surface area contributed by atoms with Crippen LogP contribution in [0.4, 0.5) is 0 Å². The van der Waals surface area contributed by atoms with Crippen LogP contribution < -0.4 is 5.11 Å². The molecule has 0 unspecified atom stereocenters.